The molecule has 2 aromatic carbocycles. The minimum absolute atomic E-state index is 0.648. The Hall–Kier alpha value is -2.09. The van der Waals surface area contributed by atoms with Gasteiger partial charge in [-0.1, -0.05) is 42.6 Å². The molecule has 1 heterocycles. The van der Waals surface area contributed by atoms with Crippen molar-refractivity contribution in [1.29, 1.82) is 5.26 Å². The van der Waals surface area contributed by atoms with Crippen LogP contribution in [0.5, 0.6) is 0 Å². The van der Waals surface area contributed by atoms with Crippen LogP contribution in [0.2, 0.25) is 5.02 Å². The molecule has 0 fully saturated rings. The van der Waals surface area contributed by atoms with E-state index in [0.29, 0.717) is 10.6 Å². The van der Waals surface area contributed by atoms with Crippen molar-refractivity contribution in [3.8, 4) is 17.3 Å². The fourth-order valence-corrected chi connectivity index (χ4v) is 3.81. The number of hydrogen-bond acceptors (Lipinski definition) is 3. The summed E-state index contributed by atoms with van der Waals surface area (Å²) in [6, 6.07) is 16.4. The van der Waals surface area contributed by atoms with Crippen LogP contribution in [0.15, 0.2) is 42.5 Å². The molecule has 0 saturated carbocycles. The maximum atomic E-state index is 9.79. The molecule has 0 atom stereocenters. The van der Waals surface area contributed by atoms with Gasteiger partial charge in [0.05, 0.1) is 11.3 Å². The van der Waals surface area contributed by atoms with Crippen LogP contribution >= 0.6 is 23.5 Å². The lowest BCUT2D eigenvalue weighted by atomic mass is 10.1. The van der Waals surface area contributed by atoms with Gasteiger partial charge in [0.1, 0.15) is 6.07 Å². The fraction of sp³-hybridized carbons (Fsp3) is 0.250. The summed E-state index contributed by atoms with van der Waals surface area (Å²) in [6.07, 6.45) is 1.13. The molecule has 0 bridgehead atoms. The Morgan fingerprint density at radius 3 is 2.76 bits per heavy atom. The maximum Gasteiger partial charge on any atom is 0.102 e. The number of aryl methyl sites for hydroxylation is 1. The van der Waals surface area contributed by atoms with Gasteiger partial charge in [-0.2, -0.15) is 5.26 Å². The number of nitrogens with zero attached hydrogens (tertiary/aromatic N) is 2. The lowest BCUT2D eigenvalue weighted by molar-refractivity contribution is 0.804. The smallest absolute Gasteiger partial charge is 0.102 e. The van der Waals surface area contributed by atoms with Crippen molar-refractivity contribution in [1.82, 2.24) is 4.57 Å². The van der Waals surface area contributed by atoms with Crippen molar-refractivity contribution in [3.63, 3.8) is 0 Å². The largest absolute Gasteiger partial charge is 0.340 e. The molecule has 25 heavy (non-hydrogen) atoms. The highest BCUT2D eigenvalue weighted by atomic mass is 35.5. The quantitative estimate of drug-likeness (QED) is 0.408. The summed E-state index contributed by atoms with van der Waals surface area (Å²) in [7, 11) is 0. The SMILES string of the molecule is CCCSNc1cccc(-c2c(C#N)c3cc(Cl)ccc3n2CC)c1. The van der Waals surface area contributed by atoms with E-state index in [1.54, 1.807) is 11.9 Å². The van der Waals surface area contributed by atoms with Crippen LogP contribution in [-0.4, -0.2) is 10.3 Å². The van der Waals surface area contributed by atoms with E-state index in [1.165, 1.54) is 0 Å². The first-order valence-electron chi connectivity index (χ1n) is 8.39. The number of anilines is 1. The van der Waals surface area contributed by atoms with Crippen LogP contribution in [0.3, 0.4) is 0 Å². The zero-order valence-corrected chi connectivity index (χ0v) is 15.9. The molecule has 3 nitrogen and oxygen atoms in total. The van der Waals surface area contributed by atoms with E-state index in [9.17, 15) is 5.26 Å². The van der Waals surface area contributed by atoms with Crippen LogP contribution < -0.4 is 4.72 Å². The lowest BCUT2D eigenvalue weighted by Crippen LogP contribution is -1.98. The van der Waals surface area contributed by atoms with Crippen molar-refractivity contribution in [2.24, 2.45) is 0 Å². The van der Waals surface area contributed by atoms with Crippen LogP contribution in [0.1, 0.15) is 25.8 Å². The molecule has 3 rings (SSSR count). The van der Waals surface area contributed by atoms with E-state index >= 15 is 0 Å². The Morgan fingerprint density at radius 2 is 2.04 bits per heavy atom. The number of nitriles is 1. The zero-order chi connectivity index (χ0) is 17.8. The molecule has 0 amide bonds. The van der Waals surface area contributed by atoms with Gasteiger partial charge in [0, 0.05) is 39.5 Å². The van der Waals surface area contributed by atoms with E-state index in [-0.39, 0.29) is 0 Å². The Morgan fingerprint density at radius 1 is 1.20 bits per heavy atom. The van der Waals surface area contributed by atoms with Gasteiger partial charge in [0.15, 0.2) is 0 Å². The van der Waals surface area contributed by atoms with E-state index in [1.807, 2.05) is 30.3 Å². The van der Waals surface area contributed by atoms with E-state index < -0.39 is 0 Å². The normalized spacial score (nSPS) is 10.8. The van der Waals surface area contributed by atoms with Crippen LogP contribution in [0, 0.1) is 11.3 Å². The number of halogens is 1. The van der Waals surface area contributed by atoms with Gasteiger partial charge in [-0.3, -0.25) is 0 Å². The predicted octanol–water partition coefficient (Wildman–Crippen LogP) is 6.32. The average molecular weight is 370 g/mol. The summed E-state index contributed by atoms with van der Waals surface area (Å²) in [6.45, 7) is 5.05. The monoisotopic (exact) mass is 369 g/mol. The third-order valence-corrected chi connectivity index (χ3v) is 5.31. The second-order valence-electron chi connectivity index (χ2n) is 5.77. The molecule has 5 heteroatoms. The molecular weight excluding hydrogens is 350 g/mol. The average Bonchev–Trinajstić information content (AvgIpc) is 2.94. The number of hydrogen-bond donors (Lipinski definition) is 1. The van der Waals surface area contributed by atoms with Gasteiger partial charge < -0.3 is 9.29 Å². The molecule has 0 spiro atoms. The first-order chi connectivity index (χ1) is 12.2. The molecule has 1 N–H and O–H groups in total. The van der Waals surface area contributed by atoms with E-state index in [0.717, 1.165) is 46.6 Å². The number of rotatable bonds is 6. The molecule has 3 aromatic rings. The maximum absolute atomic E-state index is 9.79. The summed E-state index contributed by atoms with van der Waals surface area (Å²) in [5.74, 6) is 1.06. The zero-order valence-electron chi connectivity index (χ0n) is 14.3. The van der Waals surface area contributed by atoms with Gasteiger partial charge >= 0.3 is 0 Å². The van der Waals surface area contributed by atoms with Crippen LogP contribution in [0.4, 0.5) is 5.69 Å². The van der Waals surface area contributed by atoms with Crippen molar-refractivity contribution in [2.75, 3.05) is 10.5 Å². The number of benzene rings is 2. The third-order valence-electron chi connectivity index (χ3n) is 4.09. The third kappa shape index (κ3) is 3.49. The van der Waals surface area contributed by atoms with Crippen molar-refractivity contribution in [3.05, 3.63) is 53.1 Å². The van der Waals surface area contributed by atoms with Gasteiger partial charge in [0.2, 0.25) is 0 Å². The Labute approximate surface area is 157 Å². The molecule has 1 aromatic heterocycles. The summed E-state index contributed by atoms with van der Waals surface area (Å²) < 4.78 is 5.56. The lowest BCUT2D eigenvalue weighted by Gasteiger charge is -2.11. The summed E-state index contributed by atoms with van der Waals surface area (Å²) in [5.41, 5.74) is 4.75. The molecule has 0 radical (unpaired) electrons. The minimum atomic E-state index is 0.648. The number of aromatic nitrogens is 1. The van der Waals surface area contributed by atoms with Crippen molar-refractivity contribution in [2.45, 2.75) is 26.8 Å². The molecule has 128 valence electrons. The number of fused-ring (bicyclic) bond motifs is 1. The minimum Gasteiger partial charge on any atom is -0.340 e. The Kier molecular flexibility index (Phi) is 5.57. The molecule has 0 aliphatic carbocycles. The highest BCUT2D eigenvalue weighted by Gasteiger charge is 2.18. The highest BCUT2D eigenvalue weighted by Crippen LogP contribution is 2.35. The first-order valence-corrected chi connectivity index (χ1v) is 9.76. The number of nitrogens with one attached hydrogen (secondary N) is 1. The Balaban J connectivity index is 2.15. The Bertz CT molecular complexity index is 940. The second-order valence-corrected chi connectivity index (χ2v) is 7.11. The predicted molar refractivity (Wildman–Crippen MR) is 109 cm³/mol. The van der Waals surface area contributed by atoms with Gasteiger partial charge in [-0.05, 0) is 43.7 Å². The molecule has 0 saturated heterocycles. The van der Waals surface area contributed by atoms with E-state index in [4.69, 9.17) is 11.6 Å². The highest BCUT2D eigenvalue weighted by molar-refractivity contribution is 8.00. The standard InChI is InChI=1S/C20H20ClN3S/c1-3-10-25-23-16-7-5-6-14(11-16)20-18(13-22)17-12-15(21)8-9-19(17)24(20)4-2/h5-9,11-12,23H,3-4,10H2,1-2H3. The van der Waals surface area contributed by atoms with Crippen LogP contribution in [0.25, 0.3) is 22.2 Å². The molecule has 0 unspecified atom stereocenters. The van der Waals surface area contributed by atoms with E-state index in [2.05, 4.69) is 41.3 Å². The summed E-state index contributed by atoms with van der Waals surface area (Å²) in [5, 5.41) is 11.4. The van der Waals surface area contributed by atoms with Crippen molar-refractivity contribution < 1.29 is 0 Å². The van der Waals surface area contributed by atoms with Gasteiger partial charge in [-0.15, -0.1) is 0 Å². The first kappa shape index (κ1) is 17.7. The molecule has 0 aliphatic heterocycles. The van der Waals surface area contributed by atoms with Crippen LogP contribution in [-0.2, 0) is 6.54 Å². The van der Waals surface area contributed by atoms with Crippen molar-refractivity contribution >= 4 is 40.1 Å². The molecule has 0 aliphatic rings. The topological polar surface area (TPSA) is 40.8 Å². The summed E-state index contributed by atoms with van der Waals surface area (Å²) >= 11 is 7.86. The summed E-state index contributed by atoms with van der Waals surface area (Å²) in [4.78, 5) is 0. The van der Waals surface area contributed by atoms with Gasteiger partial charge in [0.25, 0.3) is 0 Å². The molecular formula is C20H20ClN3S. The second kappa shape index (κ2) is 7.86. The van der Waals surface area contributed by atoms with Gasteiger partial charge in [-0.25, -0.2) is 0 Å². The fourth-order valence-electron chi connectivity index (χ4n) is 3.04.